The van der Waals surface area contributed by atoms with Gasteiger partial charge in [0.1, 0.15) is 11.6 Å². The second-order valence-electron chi connectivity index (χ2n) is 7.88. The molecule has 3 aromatic carbocycles. The zero-order valence-corrected chi connectivity index (χ0v) is 19.2. The fourth-order valence-electron chi connectivity index (χ4n) is 4.23. The highest BCUT2D eigenvalue weighted by atomic mass is 19.1. The Balaban J connectivity index is 1.68. The maximum Gasteiger partial charge on any atom is 0.289 e. The maximum atomic E-state index is 13.7. The Kier molecular flexibility index (Phi) is 6.72. The highest BCUT2D eigenvalue weighted by molar-refractivity contribution is 6.05. The van der Waals surface area contributed by atoms with Gasteiger partial charge in [0, 0.05) is 12.1 Å². The number of aliphatic hydroxyl groups is 1. The molecule has 0 aromatic heterocycles. The Hall–Kier alpha value is -4.00. The number of hydrogen-bond donors (Lipinski definition) is 1. The van der Waals surface area contributed by atoms with Crippen LogP contribution in [0.15, 0.2) is 72.5 Å². The molecule has 1 amide bonds. The van der Waals surface area contributed by atoms with E-state index >= 15 is 0 Å². The molecule has 176 valence electrons. The number of halogens is 1. The lowest BCUT2D eigenvalue weighted by atomic mass is 9.93. The number of nitrogens with zero attached hydrogens (tertiary/aromatic N) is 1. The molecule has 1 aliphatic rings. The number of carbonyl (C=O) groups is 1. The summed E-state index contributed by atoms with van der Waals surface area (Å²) < 4.78 is 29.6. The first kappa shape index (κ1) is 23.2. The summed E-state index contributed by atoms with van der Waals surface area (Å²) >= 11 is 0. The van der Waals surface area contributed by atoms with Gasteiger partial charge in [-0.25, -0.2) is 4.39 Å². The van der Waals surface area contributed by atoms with Gasteiger partial charge in [-0.15, -0.1) is 0 Å². The Morgan fingerprint density at radius 2 is 1.56 bits per heavy atom. The van der Waals surface area contributed by atoms with E-state index in [9.17, 15) is 14.3 Å². The van der Waals surface area contributed by atoms with Crippen molar-refractivity contribution in [2.45, 2.75) is 12.5 Å². The molecule has 0 spiro atoms. The summed E-state index contributed by atoms with van der Waals surface area (Å²) in [5.74, 6) is 0.727. The Morgan fingerprint density at radius 3 is 2.18 bits per heavy atom. The first-order valence-corrected chi connectivity index (χ1v) is 10.8. The molecular formula is C27H26FNO5. The maximum absolute atomic E-state index is 13.7. The van der Waals surface area contributed by atoms with Crippen molar-refractivity contribution in [3.05, 3.63) is 95.0 Å². The van der Waals surface area contributed by atoms with Crippen molar-refractivity contribution in [2.24, 2.45) is 0 Å². The number of rotatable bonds is 8. The van der Waals surface area contributed by atoms with Crippen LogP contribution in [0.25, 0.3) is 5.57 Å². The van der Waals surface area contributed by atoms with E-state index < -0.39 is 11.9 Å². The molecule has 4 rings (SSSR count). The van der Waals surface area contributed by atoms with Gasteiger partial charge >= 0.3 is 0 Å². The highest BCUT2D eigenvalue weighted by Gasteiger charge is 2.40. The highest BCUT2D eigenvalue weighted by Crippen LogP contribution is 2.43. The van der Waals surface area contributed by atoms with Gasteiger partial charge < -0.3 is 24.2 Å². The number of amides is 1. The van der Waals surface area contributed by atoms with Gasteiger partial charge in [0.15, 0.2) is 17.3 Å². The van der Waals surface area contributed by atoms with Crippen LogP contribution in [-0.2, 0) is 11.2 Å². The molecule has 0 bridgehead atoms. The summed E-state index contributed by atoms with van der Waals surface area (Å²) in [6.45, 7) is 0.333. The number of benzene rings is 3. The lowest BCUT2D eigenvalue weighted by Crippen LogP contribution is -2.32. The van der Waals surface area contributed by atoms with Crippen LogP contribution >= 0.6 is 0 Å². The molecule has 1 aliphatic heterocycles. The fraction of sp³-hybridized carbons (Fsp3) is 0.222. The summed E-state index contributed by atoms with van der Waals surface area (Å²) in [5.41, 5.74) is 2.82. The van der Waals surface area contributed by atoms with E-state index in [2.05, 4.69) is 0 Å². The molecule has 0 radical (unpaired) electrons. The van der Waals surface area contributed by atoms with Crippen LogP contribution < -0.4 is 14.2 Å². The van der Waals surface area contributed by atoms with Crippen molar-refractivity contribution in [3.8, 4) is 17.2 Å². The zero-order chi connectivity index (χ0) is 24.2. The van der Waals surface area contributed by atoms with E-state index in [1.165, 1.54) is 12.1 Å². The normalized spacial score (nSPS) is 15.6. The minimum atomic E-state index is -0.568. The molecule has 0 saturated carbocycles. The number of methoxy groups -OCH3 is 3. The number of ether oxygens (including phenoxy) is 3. The van der Waals surface area contributed by atoms with Gasteiger partial charge in [0.05, 0.1) is 27.4 Å². The number of aliphatic hydroxyl groups excluding tert-OH is 1. The standard InChI is InChI=1S/C27H26FNO5/c1-32-21-11-7-18(8-12-21)24-25(19-5-9-20(28)10-6-19)29(27(31)26(24)30)15-14-17-4-13-22(33-2)23(16-17)34-3/h4-13,16,25,30H,14-15H2,1-3H3/t25-/m0/s1. The van der Waals surface area contributed by atoms with Crippen molar-refractivity contribution >= 4 is 11.5 Å². The minimum absolute atomic E-state index is 0.313. The van der Waals surface area contributed by atoms with Crippen molar-refractivity contribution in [2.75, 3.05) is 27.9 Å². The van der Waals surface area contributed by atoms with E-state index in [0.717, 1.165) is 5.56 Å². The summed E-state index contributed by atoms with van der Waals surface area (Å²) in [7, 11) is 4.71. The van der Waals surface area contributed by atoms with Gasteiger partial charge in [-0.3, -0.25) is 4.79 Å². The van der Waals surface area contributed by atoms with Crippen LogP contribution in [0.4, 0.5) is 4.39 Å². The molecule has 34 heavy (non-hydrogen) atoms. The molecule has 0 saturated heterocycles. The van der Waals surface area contributed by atoms with E-state index in [1.807, 2.05) is 18.2 Å². The third kappa shape index (κ3) is 4.41. The van der Waals surface area contributed by atoms with Gasteiger partial charge in [-0.1, -0.05) is 30.3 Å². The fourth-order valence-corrected chi connectivity index (χ4v) is 4.23. The van der Waals surface area contributed by atoms with E-state index in [4.69, 9.17) is 14.2 Å². The molecule has 1 heterocycles. The predicted octanol–water partition coefficient (Wildman–Crippen LogP) is 4.95. The second kappa shape index (κ2) is 9.87. The van der Waals surface area contributed by atoms with Gasteiger partial charge in [0.25, 0.3) is 5.91 Å². The SMILES string of the molecule is COc1ccc(C2=C(O)C(=O)N(CCc3ccc(OC)c(OC)c3)[C@H]2c2ccc(F)cc2)cc1. The second-order valence-corrected chi connectivity index (χ2v) is 7.88. The molecule has 0 aliphatic carbocycles. The summed E-state index contributed by atoms with van der Waals surface area (Å²) in [4.78, 5) is 14.8. The van der Waals surface area contributed by atoms with Crippen molar-refractivity contribution in [1.82, 2.24) is 4.90 Å². The Bertz CT molecular complexity index is 1200. The van der Waals surface area contributed by atoms with Crippen molar-refractivity contribution in [3.63, 3.8) is 0 Å². The van der Waals surface area contributed by atoms with Crippen molar-refractivity contribution in [1.29, 1.82) is 0 Å². The minimum Gasteiger partial charge on any atom is -0.503 e. The largest absolute Gasteiger partial charge is 0.503 e. The quantitative estimate of drug-likeness (QED) is 0.512. The lowest BCUT2D eigenvalue weighted by molar-refractivity contribution is -0.129. The summed E-state index contributed by atoms with van der Waals surface area (Å²) in [6, 6.07) is 18.1. The Morgan fingerprint density at radius 1 is 0.882 bits per heavy atom. The molecule has 1 N–H and O–H groups in total. The first-order valence-electron chi connectivity index (χ1n) is 10.8. The predicted molar refractivity (Wildman–Crippen MR) is 127 cm³/mol. The molecule has 0 unspecified atom stereocenters. The molecule has 7 heteroatoms. The third-order valence-corrected chi connectivity index (χ3v) is 5.98. The van der Waals surface area contributed by atoms with E-state index in [-0.39, 0.29) is 11.6 Å². The Labute approximate surface area is 197 Å². The molecule has 3 aromatic rings. The van der Waals surface area contributed by atoms with Crippen LogP contribution in [0.3, 0.4) is 0 Å². The number of hydrogen-bond acceptors (Lipinski definition) is 5. The summed E-state index contributed by atoms with van der Waals surface area (Å²) in [5, 5.41) is 10.9. The lowest BCUT2D eigenvalue weighted by Gasteiger charge is -2.27. The van der Waals surface area contributed by atoms with Crippen LogP contribution in [0.1, 0.15) is 22.7 Å². The van der Waals surface area contributed by atoms with Crippen molar-refractivity contribution < 1.29 is 28.5 Å². The van der Waals surface area contributed by atoms with Gasteiger partial charge in [0.2, 0.25) is 0 Å². The monoisotopic (exact) mass is 463 g/mol. The first-order chi connectivity index (χ1) is 16.5. The van der Waals surface area contributed by atoms with E-state index in [1.54, 1.807) is 62.6 Å². The van der Waals surface area contributed by atoms with Crippen LogP contribution in [-0.4, -0.2) is 43.8 Å². The van der Waals surface area contributed by atoms with Gasteiger partial charge in [-0.05, 0) is 59.5 Å². The average Bonchev–Trinajstić information content (AvgIpc) is 3.12. The van der Waals surface area contributed by atoms with Crippen LogP contribution in [0, 0.1) is 5.82 Å². The van der Waals surface area contributed by atoms with Crippen LogP contribution in [0.5, 0.6) is 17.2 Å². The number of carbonyl (C=O) groups excluding carboxylic acids is 1. The average molecular weight is 464 g/mol. The van der Waals surface area contributed by atoms with Crippen LogP contribution in [0.2, 0.25) is 0 Å². The summed E-state index contributed by atoms with van der Waals surface area (Å²) in [6.07, 6.45) is 0.521. The molecule has 6 nitrogen and oxygen atoms in total. The van der Waals surface area contributed by atoms with Gasteiger partial charge in [-0.2, -0.15) is 0 Å². The zero-order valence-electron chi connectivity index (χ0n) is 19.2. The smallest absolute Gasteiger partial charge is 0.289 e. The van der Waals surface area contributed by atoms with E-state index in [0.29, 0.717) is 46.9 Å². The third-order valence-electron chi connectivity index (χ3n) is 5.98. The molecule has 1 atom stereocenters. The molecule has 0 fully saturated rings. The topological polar surface area (TPSA) is 68.2 Å². The molecular weight excluding hydrogens is 437 g/mol.